The van der Waals surface area contributed by atoms with Crippen LogP contribution in [-0.2, 0) is 94.3 Å². The molecule has 4 rings (SSSR count). The van der Waals surface area contributed by atoms with E-state index in [1.54, 1.807) is 74.5 Å². The average Bonchev–Trinajstić information content (AvgIpc) is 0.857. The number of hydrogen-bond donors (Lipinski definition) is 27. The molecule has 33 N–H and O–H groups in total. The Hall–Kier alpha value is -12.2. The Morgan fingerprint density at radius 2 is 0.902 bits per heavy atom. The second kappa shape index (κ2) is 55.7. The lowest BCUT2D eigenvalue weighted by Gasteiger charge is -2.29. The van der Waals surface area contributed by atoms with Crippen LogP contribution in [0.4, 0.5) is 0 Å². The number of carbonyl (C=O) groups excluding carboxylic acids is 17. The zero-order valence-corrected chi connectivity index (χ0v) is 70.3. The van der Waals surface area contributed by atoms with E-state index in [0.717, 1.165) is 12.5 Å². The first-order valence-electron chi connectivity index (χ1n) is 41.6. The molecule has 0 aliphatic carbocycles. The van der Waals surface area contributed by atoms with Gasteiger partial charge in [0.25, 0.3) is 0 Å². The monoisotopic (exact) mass is 1730 g/mol. The molecule has 0 radical (unpaired) electrons. The van der Waals surface area contributed by atoms with Gasteiger partial charge < -0.3 is 135 Å². The zero-order valence-electron chi connectivity index (χ0n) is 70.3. The van der Waals surface area contributed by atoms with Crippen molar-refractivity contribution in [1.82, 2.24) is 95.7 Å². The highest BCUT2D eigenvalue weighted by Gasteiger charge is 2.39. The fourth-order valence-electron chi connectivity index (χ4n) is 13.0. The van der Waals surface area contributed by atoms with Gasteiger partial charge in [-0.2, -0.15) is 0 Å². The minimum atomic E-state index is -1.91. The number of rotatable bonds is 36. The van der Waals surface area contributed by atoms with E-state index < -0.39 is 223 Å². The standard InChI is InChI=1S/C79H128N26O18/c1-44(2)37-57-74(120)102-56(65(83)111)40-60(107)88-33-18-14-28-53(69(115)99-55(30-20-36-91-79(86)87)71(117)98-51(72(118)103-57)25-11-15-31-80)100-75(121)59-41-61(108)89-34-17-13-27-50(68(114)94-45(3)66(112)96-54(29-19-35-90-78(84)85)70(116)97-52(73(119)104-59)26-12-16-32-81)101-77(123)64(46(4)106)105-76(122)58(39-48-23-9-6-10-24-48)95-63(110)43-92-62(109)42-93-67(113)49(82)38-47-21-7-5-8-22-47/h5-10,21-24,44-46,49-59,64,106H,11-20,25-43,80-82H2,1-4H3,(H2,83,111)(H,88,107)(H,89,108)(H,92,109)(H,93,113)(H,94,114)(H,95,110)(H,96,112)(H,97,116)(H,98,117)(H,99,115)(H,100,121)(H,101,123)(H,102,120)(H,103,118)(H,104,119)(H,105,122)(H4,84,85,90)(H4,86,87,91)/t45-,46+,49-,50-,51-,52-,53-,54-,55-,56-,57-,58-,59-,64-/m0/s1. The third kappa shape index (κ3) is 40.4. The molecule has 0 bridgehead atoms. The Morgan fingerprint density at radius 3 is 1.39 bits per heavy atom. The van der Waals surface area contributed by atoms with Gasteiger partial charge in [0, 0.05) is 32.6 Å². The van der Waals surface area contributed by atoms with Crippen LogP contribution in [0.3, 0.4) is 0 Å². The molecule has 682 valence electrons. The summed E-state index contributed by atoms with van der Waals surface area (Å²) < 4.78 is 0. The number of guanidine groups is 2. The smallest absolute Gasteiger partial charge is 0.245 e. The number of aliphatic hydroxyl groups excluding tert-OH is 1. The fourth-order valence-corrected chi connectivity index (χ4v) is 13.0. The molecule has 44 heteroatoms. The summed E-state index contributed by atoms with van der Waals surface area (Å²) >= 11 is 0. The average molecular weight is 1730 g/mol. The first-order valence-corrected chi connectivity index (χ1v) is 41.6. The fraction of sp³-hybridized carbons (Fsp3) is 0.608. The van der Waals surface area contributed by atoms with Gasteiger partial charge in [-0.25, -0.2) is 0 Å². The van der Waals surface area contributed by atoms with Crippen molar-refractivity contribution < 1.29 is 86.6 Å². The lowest BCUT2D eigenvalue weighted by Crippen LogP contribution is -2.61. The van der Waals surface area contributed by atoms with Gasteiger partial charge in [-0.3, -0.25) is 92.3 Å². The number of carbonyl (C=O) groups is 17. The number of amides is 17. The highest BCUT2D eigenvalue weighted by Crippen LogP contribution is 2.15. The van der Waals surface area contributed by atoms with Crippen molar-refractivity contribution in [3.05, 3.63) is 71.8 Å². The maximum absolute atomic E-state index is 15.2. The summed E-state index contributed by atoms with van der Waals surface area (Å²) in [5, 5.41) is 72.8. The number of nitrogens with two attached hydrogens (primary N) is 6. The number of hydrogen-bond acceptors (Lipinski definition) is 23. The summed E-state index contributed by atoms with van der Waals surface area (Å²) in [6.45, 7) is 4.66. The molecule has 0 aromatic heterocycles. The molecule has 2 fully saturated rings. The molecule has 0 unspecified atom stereocenters. The maximum atomic E-state index is 15.2. The molecule has 123 heavy (non-hydrogen) atoms. The van der Waals surface area contributed by atoms with Crippen LogP contribution in [0.2, 0.25) is 0 Å². The molecule has 2 aliphatic rings. The van der Waals surface area contributed by atoms with E-state index in [2.05, 4.69) is 95.7 Å². The van der Waals surface area contributed by atoms with Crippen LogP contribution in [-0.4, -0.2) is 254 Å². The molecule has 2 heterocycles. The molecule has 0 spiro atoms. The molecule has 17 amide bonds. The summed E-state index contributed by atoms with van der Waals surface area (Å²) in [7, 11) is 0. The van der Waals surface area contributed by atoms with Crippen molar-refractivity contribution >= 4 is 112 Å². The van der Waals surface area contributed by atoms with Gasteiger partial charge in [0.15, 0.2) is 11.9 Å². The first-order chi connectivity index (χ1) is 58.5. The second-order valence-electron chi connectivity index (χ2n) is 30.8. The number of unbranched alkanes of at least 4 members (excludes halogenated alkanes) is 2. The molecule has 0 saturated carbocycles. The first kappa shape index (κ1) is 103. The van der Waals surface area contributed by atoms with Gasteiger partial charge in [-0.15, -0.1) is 0 Å². The van der Waals surface area contributed by atoms with E-state index in [9.17, 15) is 77.0 Å². The molecule has 14 atom stereocenters. The minimum absolute atomic E-state index is 0.00415. The lowest BCUT2D eigenvalue weighted by atomic mass is 10.0. The molecule has 2 aromatic carbocycles. The van der Waals surface area contributed by atoms with E-state index in [0.29, 0.717) is 18.4 Å². The van der Waals surface area contributed by atoms with Gasteiger partial charge in [0.05, 0.1) is 38.1 Å². The predicted octanol–water partition coefficient (Wildman–Crippen LogP) is -8.05. The van der Waals surface area contributed by atoms with E-state index >= 15 is 9.59 Å². The summed E-state index contributed by atoms with van der Waals surface area (Å²) in [5.41, 5.74) is 35.8. The molecular weight excluding hydrogens is 1600 g/mol. The largest absolute Gasteiger partial charge is 0.391 e. The van der Waals surface area contributed by atoms with Crippen LogP contribution in [0, 0.1) is 16.7 Å². The van der Waals surface area contributed by atoms with Crippen LogP contribution >= 0.6 is 0 Å². The Kier molecular flexibility index (Phi) is 46.7. The molecule has 2 aliphatic heterocycles. The van der Waals surface area contributed by atoms with Gasteiger partial charge in [-0.1, -0.05) is 74.5 Å². The van der Waals surface area contributed by atoms with E-state index in [-0.39, 0.29) is 154 Å². The highest BCUT2D eigenvalue weighted by molar-refractivity contribution is 6.01. The summed E-state index contributed by atoms with van der Waals surface area (Å²) in [6, 6.07) is -2.68. The van der Waals surface area contributed by atoms with Crippen molar-refractivity contribution in [3.8, 4) is 0 Å². The van der Waals surface area contributed by atoms with Crippen LogP contribution in [0.1, 0.15) is 161 Å². The van der Waals surface area contributed by atoms with Crippen molar-refractivity contribution in [2.24, 2.45) is 40.3 Å². The van der Waals surface area contributed by atoms with Crippen molar-refractivity contribution in [3.63, 3.8) is 0 Å². The van der Waals surface area contributed by atoms with Gasteiger partial charge in [0.1, 0.15) is 72.5 Å². The third-order valence-electron chi connectivity index (χ3n) is 19.8. The highest BCUT2D eigenvalue weighted by atomic mass is 16.3. The van der Waals surface area contributed by atoms with Crippen LogP contribution < -0.4 is 130 Å². The van der Waals surface area contributed by atoms with Crippen LogP contribution in [0.25, 0.3) is 0 Å². The van der Waals surface area contributed by atoms with Crippen LogP contribution in [0.5, 0.6) is 0 Å². The molecule has 44 nitrogen and oxygen atoms in total. The quantitative estimate of drug-likeness (QED) is 0.0171. The Balaban J connectivity index is 1.74. The zero-order chi connectivity index (χ0) is 91.1. The minimum Gasteiger partial charge on any atom is -0.391 e. The SMILES string of the molecule is CC(C)C[C@@H]1NC(=O)[C@H](CCCCN)NC(=O)[C@H](CCCNC(=N)N)NC(=O)[C@@H](NC(=O)[C@@H]2CC(=O)NCCCC[C@H](NC(=O)[C@@H](NC(=O)[C@H](Cc3ccccc3)NC(=O)CNC(=O)CNC(=O)[C@@H](N)Cc3ccccc3)[C@@H](C)O)C(=O)N[C@@H](C)C(=O)N[C@@H](CCCNC(=N)N)C(=O)N[C@@H](CCCCN)C(=O)N2)CCCCNC(=O)C[C@@H](C(N)=O)NC1=O. The molecule has 2 aromatic rings. The van der Waals surface area contributed by atoms with Crippen LogP contribution in [0.15, 0.2) is 60.7 Å². The normalized spacial score (nSPS) is 22.1. The van der Waals surface area contributed by atoms with E-state index in [4.69, 9.17) is 45.2 Å². The van der Waals surface area contributed by atoms with E-state index in [1.807, 2.05) is 0 Å². The number of benzene rings is 2. The summed E-state index contributed by atoms with van der Waals surface area (Å²) in [6.07, 6.45) is -3.08. The van der Waals surface area contributed by atoms with E-state index in [1.165, 1.54) is 6.92 Å². The van der Waals surface area contributed by atoms with Gasteiger partial charge in [0.2, 0.25) is 100 Å². The van der Waals surface area contributed by atoms with Gasteiger partial charge >= 0.3 is 0 Å². The topological polar surface area (TPSA) is 731 Å². The number of primary amides is 1. The second-order valence-corrected chi connectivity index (χ2v) is 30.8. The number of nitrogens with one attached hydrogen (secondary N) is 20. The predicted molar refractivity (Wildman–Crippen MR) is 451 cm³/mol. The molecule has 2 saturated heterocycles. The lowest BCUT2D eigenvalue weighted by molar-refractivity contribution is -0.137. The maximum Gasteiger partial charge on any atom is 0.245 e. The Bertz CT molecular complexity index is 3880. The summed E-state index contributed by atoms with van der Waals surface area (Å²) in [5.74, 6) is -17.0. The Labute approximate surface area is 714 Å². The number of aliphatic hydroxyl groups is 1. The van der Waals surface area contributed by atoms with Crippen molar-refractivity contribution in [2.45, 2.75) is 247 Å². The third-order valence-corrected chi connectivity index (χ3v) is 19.8. The van der Waals surface area contributed by atoms with Crippen molar-refractivity contribution in [2.75, 3.05) is 52.4 Å². The molecular formula is C79H128N26O18. The summed E-state index contributed by atoms with van der Waals surface area (Å²) in [4.78, 5) is 240. The van der Waals surface area contributed by atoms with Gasteiger partial charge in [-0.05, 0) is 160 Å². The van der Waals surface area contributed by atoms with Crippen molar-refractivity contribution in [1.29, 1.82) is 10.8 Å². The Morgan fingerprint density at radius 1 is 0.472 bits per heavy atom.